The van der Waals surface area contributed by atoms with Crippen molar-refractivity contribution < 1.29 is 25.2 Å². The number of phenolic OH excluding ortho intramolecular Hbond substituents is 3. The summed E-state index contributed by atoms with van der Waals surface area (Å²) < 4.78 is 0. The molecule has 7 nitrogen and oxygen atoms in total. The predicted octanol–water partition coefficient (Wildman–Crippen LogP) is 0.892. The van der Waals surface area contributed by atoms with Crippen LogP contribution in [0.5, 0.6) is 17.2 Å². The minimum atomic E-state index is -1.22. The highest BCUT2D eigenvalue weighted by Crippen LogP contribution is 2.42. The van der Waals surface area contributed by atoms with Gasteiger partial charge in [-0.25, -0.2) is 4.79 Å². The van der Waals surface area contributed by atoms with Gasteiger partial charge in [-0.1, -0.05) is 0 Å². The van der Waals surface area contributed by atoms with Crippen molar-refractivity contribution in [3.63, 3.8) is 0 Å². The number of carboxylic acids is 1. The summed E-state index contributed by atoms with van der Waals surface area (Å²) in [5.74, 6) is -3.05. The van der Waals surface area contributed by atoms with Crippen LogP contribution in [0.3, 0.4) is 0 Å². The van der Waals surface area contributed by atoms with Gasteiger partial charge in [0, 0.05) is 5.56 Å². The molecule has 0 saturated heterocycles. The van der Waals surface area contributed by atoms with Crippen LogP contribution in [0.2, 0.25) is 0 Å². The normalized spacial score (nSPS) is 10.4. The van der Waals surface area contributed by atoms with Crippen molar-refractivity contribution in [3.8, 4) is 28.5 Å². The van der Waals surface area contributed by atoms with Crippen LogP contribution in [0.1, 0.15) is 10.4 Å². The van der Waals surface area contributed by atoms with E-state index >= 15 is 0 Å². The van der Waals surface area contributed by atoms with E-state index in [1.807, 2.05) is 0 Å². The lowest BCUT2D eigenvalue weighted by Gasteiger charge is -2.06. The van der Waals surface area contributed by atoms with E-state index in [1.54, 1.807) is 0 Å². The Hall–Kier alpha value is -2.70. The number of aromatic amines is 1. The molecule has 0 bridgehead atoms. The predicted molar refractivity (Wildman–Crippen MR) is 56.0 cm³/mol. The molecule has 1 aromatic heterocycles. The smallest absolute Gasteiger partial charge is 0.339 e. The summed E-state index contributed by atoms with van der Waals surface area (Å²) in [5.41, 5.74) is -0.0640. The number of benzene rings is 1. The molecule has 0 radical (unpaired) electrons. The largest absolute Gasteiger partial charge is 0.504 e. The summed E-state index contributed by atoms with van der Waals surface area (Å²) in [5, 5.41) is 42.9. The third-order valence-corrected chi connectivity index (χ3v) is 2.27. The molecule has 7 heteroatoms. The van der Waals surface area contributed by atoms with Crippen LogP contribution >= 0.6 is 0 Å². The summed E-state index contributed by atoms with van der Waals surface area (Å²) in [6.07, 6.45) is 1.08. The number of nitrogens with zero attached hydrogens (tertiary/aromatic N) is 1. The molecule has 0 atom stereocenters. The van der Waals surface area contributed by atoms with Crippen LogP contribution in [0, 0.1) is 0 Å². The zero-order valence-corrected chi connectivity index (χ0v) is 8.38. The fraction of sp³-hybridized carbons (Fsp3) is 0. The maximum absolute atomic E-state index is 10.9. The zero-order chi connectivity index (χ0) is 12.6. The van der Waals surface area contributed by atoms with Crippen molar-refractivity contribution in [2.24, 2.45) is 0 Å². The van der Waals surface area contributed by atoms with E-state index in [0.717, 1.165) is 12.3 Å². The first kappa shape index (κ1) is 10.8. The fourth-order valence-corrected chi connectivity index (χ4v) is 1.42. The Balaban J connectivity index is 2.65. The van der Waals surface area contributed by atoms with Crippen LogP contribution < -0.4 is 0 Å². The van der Waals surface area contributed by atoms with Crippen molar-refractivity contribution in [3.05, 3.63) is 23.9 Å². The SMILES string of the molecule is O=C(O)c1cn[nH]c1-c1ccc(O)c(O)c1O. The van der Waals surface area contributed by atoms with Crippen LogP contribution in [0.4, 0.5) is 0 Å². The summed E-state index contributed by atoms with van der Waals surface area (Å²) in [4.78, 5) is 10.9. The number of aromatic nitrogens is 2. The highest BCUT2D eigenvalue weighted by atomic mass is 16.4. The van der Waals surface area contributed by atoms with Gasteiger partial charge in [-0.05, 0) is 12.1 Å². The fourth-order valence-electron chi connectivity index (χ4n) is 1.42. The van der Waals surface area contributed by atoms with Gasteiger partial charge in [-0.15, -0.1) is 0 Å². The Bertz CT molecular complexity index is 590. The molecule has 0 amide bonds. The van der Waals surface area contributed by atoms with Gasteiger partial charge in [0.2, 0.25) is 5.75 Å². The molecule has 1 aromatic carbocycles. The van der Waals surface area contributed by atoms with Crippen LogP contribution in [0.25, 0.3) is 11.3 Å². The lowest BCUT2D eigenvalue weighted by atomic mass is 10.1. The number of carboxylic acid groups (broad SMARTS) is 1. The molecule has 5 N–H and O–H groups in total. The van der Waals surface area contributed by atoms with Gasteiger partial charge in [0.05, 0.1) is 11.9 Å². The number of aromatic carboxylic acids is 1. The third-order valence-electron chi connectivity index (χ3n) is 2.27. The molecular weight excluding hydrogens is 228 g/mol. The van der Waals surface area contributed by atoms with Crippen LogP contribution in [-0.4, -0.2) is 36.6 Å². The van der Waals surface area contributed by atoms with E-state index in [0.29, 0.717) is 0 Å². The van der Waals surface area contributed by atoms with Gasteiger partial charge in [0.1, 0.15) is 5.56 Å². The van der Waals surface area contributed by atoms with Gasteiger partial charge < -0.3 is 20.4 Å². The lowest BCUT2D eigenvalue weighted by molar-refractivity contribution is 0.0698. The second-order valence-corrected chi connectivity index (χ2v) is 3.29. The summed E-state index contributed by atoms with van der Waals surface area (Å²) in [6.45, 7) is 0. The van der Waals surface area contributed by atoms with Gasteiger partial charge in [-0.3, -0.25) is 5.10 Å². The highest BCUT2D eigenvalue weighted by molar-refractivity contribution is 5.95. The Morgan fingerprint density at radius 3 is 2.53 bits per heavy atom. The molecule has 2 aromatic rings. The van der Waals surface area contributed by atoms with E-state index in [-0.39, 0.29) is 16.8 Å². The average molecular weight is 236 g/mol. The summed E-state index contributed by atoms with van der Waals surface area (Å²) in [7, 11) is 0. The van der Waals surface area contributed by atoms with E-state index in [1.165, 1.54) is 6.07 Å². The first-order valence-electron chi connectivity index (χ1n) is 4.53. The molecule has 17 heavy (non-hydrogen) atoms. The van der Waals surface area contributed by atoms with Crippen molar-refractivity contribution >= 4 is 5.97 Å². The first-order chi connectivity index (χ1) is 8.02. The summed E-state index contributed by atoms with van der Waals surface area (Å²) >= 11 is 0. The second kappa shape index (κ2) is 3.71. The summed E-state index contributed by atoms with van der Waals surface area (Å²) in [6, 6.07) is 2.40. The number of aromatic hydroxyl groups is 3. The molecule has 0 fully saturated rings. The number of nitrogens with one attached hydrogen (secondary N) is 1. The highest BCUT2D eigenvalue weighted by Gasteiger charge is 2.19. The topological polar surface area (TPSA) is 127 Å². The Kier molecular flexibility index (Phi) is 2.36. The van der Waals surface area contributed by atoms with E-state index < -0.39 is 23.2 Å². The van der Waals surface area contributed by atoms with E-state index in [4.69, 9.17) is 10.2 Å². The molecular formula is C10H8N2O5. The van der Waals surface area contributed by atoms with Gasteiger partial charge in [0.15, 0.2) is 11.5 Å². The third kappa shape index (κ3) is 1.63. The molecule has 2 rings (SSSR count). The van der Waals surface area contributed by atoms with E-state index in [9.17, 15) is 15.0 Å². The number of hydrogen-bond donors (Lipinski definition) is 5. The average Bonchev–Trinajstić information content (AvgIpc) is 2.75. The van der Waals surface area contributed by atoms with E-state index in [2.05, 4.69) is 10.2 Å². The van der Waals surface area contributed by atoms with Crippen molar-refractivity contribution in [1.82, 2.24) is 10.2 Å². The Morgan fingerprint density at radius 1 is 1.18 bits per heavy atom. The quantitative estimate of drug-likeness (QED) is 0.493. The monoisotopic (exact) mass is 236 g/mol. The number of hydrogen-bond acceptors (Lipinski definition) is 5. The number of phenols is 3. The minimum absolute atomic E-state index is 0.0372. The molecule has 1 heterocycles. The minimum Gasteiger partial charge on any atom is -0.504 e. The van der Waals surface area contributed by atoms with Gasteiger partial charge >= 0.3 is 5.97 Å². The maximum atomic E-state index is 10.9. The number of H-pyrrole nitrogens is 1. The Morgan fingerprint density at radius 2 is 1.88 bits per heavy atom. The lowest BCUT2D eigenvalue weighted by Crippen LogP contribution is -1.96. The number of rotatable bonds is 2. The standard InChI is InChI=1S/C10H8N2O5/c13-6-2-1-4(8(14)9(6)15)7-5(10(16)17)3-11-12-7/h1-3,13-15H,(H,11,12)(H,16,17). The molecule has 0 aliphatic rings. The van der Waals surface area contributed by atoms with Crippen molar-refractivity contribution in [2.45, 2.75) is 0 Å². The zero-order valence-electron chi connectivity index (χ0n) is 8.38. The number of carbonyl (C=O) groups is 1. The van der Waals surface area contributed by atoms with Crippen molar-refractivity contribution in [1.29, 1.82) is 0 Å². The van der Waals surface area contributed by atoms with Gasteiger partial charge in [0.25, 0.3) is 0 Å². The Labute approximate surface area is 94.6 Å². The first-order valence-corrected chi connectivity index (χ1v) is 4.53. The molecule has 0 aliphatic heterocycles. The van der Waals surface area contributed by atoms with Crippen molar-refractivity contribution in [2.75, 3.05) is 0 Å². The molecule has 0 spiro atoms. The van der Waals surface area contributed by atoms with Gasteiger partial charge in [-0.2, -0.15) is 5.10 Å². The maximum Gasteiger partial charge on any atom is 0.339 e. The molecule has 0 saturated carbocycles. The molecule has 0 aliphatic carbocycles. The van der Waals surface area contributed by atoms with Crippen LogP contribution in [0.15, 0.2) is 18.3 Å². The second-order valence-electron chi connectivity index (χ2n) is 3.29. The molecule has 88 valence electrons. The molecule has 0 unspecified atom stereocenters. The van der Waals surface area contributed by atoms with Crippen LogP contribution in [-0.2, 0) is 0 Å².